The van der Waals surface area contributed by atoms with Gasteiger partial charge >= 0.3 is 0 Å². The Morgan fingerprint density at radius 3 is 2.46 bits per heavy atom. The summed E-state index contributed by atoms with van der Waals surface area (Å²) in [5.74, 6) is -1.23. The van der Waals surface area contributed by atoms with E-state index in [4.69, 9.17) is 40.1 Å². The van der Waals surface area contributed by atoms with Gasteiger partial charge in [0.15, 0.2) is 4.33 Å². The summed E-state index contributed by atoms with van der Waals surface area (Å²) >= 11 is 18.1. The van der Waals surface area contributed by atoms with Crippen LogP contribution in [-0.4, -0.2) is 27.3 Å². The highest BCUT2D eigenvalue weighted by Gasteiger charge is 2.32. The lowest BCUT2D eigenvalue weighted by atomic mass is 10.2. The molecule has 0 aliphatic rings. The Morgan fingerprint density at radius 2 is 1.93 bits per heavy atom. The predicted molar refractivity (Wildman–Crippen MR) is 107 cm³/mol. The van der Waals surface area contributed by atoms with E-state index in [2.05, 4.69) is 25.9 Å². The van der Waals surface area contributed by atoms with Gasteiger partial charge in [-0.15, -0.1) is 4.99 Å². The van der Waals surface area contributed by atoms with Crippen molar-refractivity contribution in [1.82, 2.24) is 15.6 Å². The Labute approximate surface area is 175 Å². The number of pyridine rings is 1. The number of hydrogen-bond donors (Lipinski definition) is 3. The standard InChI is InChI=1S/C17H14Cl3FN6O/c1-17(19,20)15(26-14(28)10-2-4-11(18)5-3-10)27-16(24-9-22)25-12-6-7-13(21)23-8-12/h2-8,15H,1H3,(H,26,28)(H2,24,25,27). The minimum atomic E-state index is -1.49. The molecule has 146 valence electrons. The van der Waals surface area contributed by atoms with Crippen LogP contribution in [0.15, 0.2) is 47.6 Å². The molecule has 0 bridgehead atoms. The topological polar surface area (TPSA) is 102 Å². The summed E-state index contributed by atoms with van der Waals surface area (Å²) in [6, 6.07) is 8.69. The van der Waals surface area contributed by atoms with Crippen LogP contribution in [-0.2, 0) is 0 Å². The molecule has 1 aromatic carbocycles. The van der Waals surface area contributed by atoms with Gasteiger partial charge in [-0.3, -0.25) is 4.79 Å². The first-order valence-electron chi connectivity index (χ1n) is 7.75. The van der Waals surface area contributed by atoms with Crippen molar-refractivity contribution in [2.24, 2.45) is 4.99 Å². The van der Waals surface area contributed by atoms with Gasteiger partial charge in [0.1, 0.15) is 6.17 Å². The molecule has 1 unspecified atom stereocenters. The number of carbonyl (C=O) groups is 1. The van der Waals surface area contributed by atoms with Gasteiger partial charge in [-0.1, -0.05) is 34.8 Å². The van der Waals surface area contributed by atoms with Gasteiger partial charge in [0.2, 0.25) is 18.1 Å². The Bertz CT molecular complexity index is 891. The number of hydrogen-bond acceptors (Lipinski definition) is 4. The van der Waals surface area contributed by atoms with Gasteiger partial charge in [-0.2, -0.15) is 9.65 Å². The number of aliphatic imine (C=N–C) groups is 1. The number of amides is 1. The molecule has 1 heterocycles. The zero-order valence-electron chi connectivity index (χ0n) is 14.4. The van der Waals surface area contributed by atoms with Crippen LogP contribution in [0.3, 0.4) is 0 Å². The number of carbonyl (C=O) groups excluding carboxylic acids is 1. The van der Waals surface area contributed by atoms with Crippen LogP contribution >= 0.6 is 34.8 Å². The van der Waals surface area contributed by atoms with Gasteiger partial charge in [-0.25, -0.2) is 4.98 Å². The van der Waals surface area contributed by atoms with Crippen LogP contribution in [0.1, 0.15) is 17.3 Å². The van der Waals surface area contributed by atoms with Crippen LogP contribution in [0.4, 0.5) is 10.1 Å². The smallest absolute Gasteiger partial charge is 0.252 e. The fourth-order valence-electron chi connectivity index (χ4n) is 1.97. The minimum absolute atomic E-state index is 0.0789. The lowest BCUT2D eigenvalue weighted by molar-refractivity contribution is 0.0931. The van der Waals surface area contributed by atoms with Crippen molar-refractivity contribution < 1.29 is 9.18 Å². The summed E-state index contributed by atoms with van der Waals surface area (Å²) in [6.45, 7) is 1.44. The summed E-state index contributed by atoms with van der Waals surface area (Å²) in [6.07, 6.45) is 1.75. The largest absolute Gasteiger partial charge is 0.332 e. The summed E-state index contributed by atoms with van der Waals surface area (Å²) in [5, 5.41) is 17.5. The molecule has 1 aromatic heterocycles. The third kappa shape index (κ3) is 6.53. The van der Waals surface area contributed by atoms with E-state index in [-0.39, 0.29) is 5.96 Å². The second-order valence-corrected chi connectivity index (χ2v) is 7.77. The average molecular weight is 444 g/mol. The predicted octanol–water partition coefficient (Wildman–Crippen LogP) is 3.66. The molecular weight excluding hydrogens is 430 g/mol. The van der Waals surface area contributed by atoms with E-state index in [1.54, 1.807) is 18.3 Å². The van der Waals surface area contributed by atoms with E-state index >= 15 is 0 Å². The van der Waals surface area contributed by atoms with Gasteiger partial charge < -0.3 is 16.0 Å². The number of aromatic nitrogens is 1. The molecule has 0 spiro atoms. The van der Waals surface area contributed by atoms with Gasteiger partial charge in [0, 0.05) is 10.6 Å². The molecule has 0 saturated heterocycles. The average Bonchev–Trinajstić information content (AvgIpc) is 2.63. The highest BCUT2D eigenvalue weighted by Crippen LogP contribution is 2.23. The summed E-state index contributed by atoms with van der Waals surface area (Å²) in [5.41, 5.74) is 0.666. The van der Waals surface area contributed by atoms with Crippen molar-refractivity contribution in [3.8, 4) is 6.19 Å². The van der Waals surface area contributed by atoms with Crippen molar-refractivity contribution >= 4 is 52.4 Å². The van der Waals surface area contributed by atoms with Gasteiger partial charge in [-0.05, 0) is 43.3 Å². The monoisotopic (exact) mass is 442 g/mol. The number of rotatable bonds is 5. The van der Waals surface area contributed by atoms with Crippen LogP contribution in [0, 0.1) is 17.4 Å². The highest BCUT2D eigenvalue weighted by molar-refractivity contribution is 6.48. The van der Waals surface area contributed by atoms with Crippen LogP contribution in [0.25, 0.3) is 0 Å². The second-order valence-electron chi connectivity index (χ2n) is 5.57. The number of nitrogens with one attached hydrogen (secondary N) is 3. The fourth-order valence-corrected chi connectivity index (χ4v) is 2.32. The molecular formula is C17H14Cl3FN6O. The lowest BCUT2D eigenvalue weighted by Crippen LogP contribution is -2.57. The zero-order valence-corrected chi connectivity index (χ0v) is 16.6. The lowest BCUT2D eigenvalue weighted by Gasteiger charge is -2.29. The first-order chi connectivity index (χ1) is 13.2. The van der Waals surface area contributed by atoms with E-state index in [0.717, 1.165) is 6.07 Å². The molecule has 2 aromatic rings. The first kappa shape index (κ1) is 21.7. The number of halogens is 4. The van der Waals surface area contributed by atoms with Crippen molar-refractivity contribution in [3.63, 3.8) is 0 Å². The molecule has 0 aliphatic carbocycles. The number of alkyl halides is 2. The fraction of sp³-hybridized carbons (Fsp3) is 0.176. The molecule has 0 aliphatic heterocycles. The maximum Gasteiger partial charge on any atom is 0.252 e. The highest BCUT2D eigenvalue weighted by atomic mass is 35.5. The second kappa shape index (κ2) is 9.55. The minimum Gasteiger partial charge on any atom is -0.332 e. The molecule has 7 nitrogen and oxygen atoms in total. The number of benzene rings is 1. The molecule has 0 saturated carbocycles. The number of nitrogens with zero attached hydrogens (tertiary/aromatic N) is 3. The SMILES string of the molecule is CC(Cl)(Cl)C(NC(=O)c1ccc(Cl)cc1)N/C(=N/C#N)Nc1ccc(F)nc1. The molecule has 3 N–H and O–H groups in total. The number of guanidine groups is 1. The van der Waals surface area contributed by atoms with Gasteiger partial charge in [0.05, 0.1) is 11.9 Å². The molecule has 1 amide bonds. The summed E-state index contributed by atoms with van der Waals surface area (Å²) in [7, 11) is 0. The molecule has 0 radical (unpaired) electrons. The van der Waals surface area contributed by atoms with E-state index in [9.17, 15) is 9.18 Å². The summed E-state index contributed by atoms with van der Waals surface area (Å²) in [4.78, 5) is 19.5. The van der Waals surface area contributed by atoms with E-state index in [0.29, 0.717) is 16.3 Å². The summed E-state index contributed by atoms with van der Waals surface area (Å²) < 4.78 is 11.5. The van der Waals surface area contributed by atoms with E-state index < -0.39 is 22.4 Å². The Morgan fingerprint density at radius 1 is 1.25 bits per heavy atom. The van der Waals surface area contributed by atoms with Crippen molar-refractivity contribution in [1.29, 1.82) is 5.26 Å². The molecule has 2 rings (SSSR count). The Balaban J connectivity index is 2.17. The molecule has 1 atom stereocenters. The molecule has 28 heavy (non-hydrogen) atoms. The number of nitriles is 1. The Hall–Kier alpha value is -2.60. The third-order valence-electron chi connectivity index (χ3n) is 3.32. The van der Waals surface area contributed by atoms with Crippen LogP contribution < -0.4 is 16.0 Å². The third-order valence-corrected chi connectivity index (χ3v) is 4.01. The Kier molecular flexibility index (Phi) is 7.40. The first-order valence-corrected chi connectivity index (χ1v) is 8.88. The maximum atomic E-state index is 12.9. The van der Waals surface area contributed by atoms with Crippen molar-refractivity contribution in [3.05, 3.63) is 59.1 Å². The normalized spacial score (nSPS) is 12.6. The maximum absolute atomic E-state index is 12.9. The quantitative estimate of drug-likeness (QED) is 0.163. The van der Waals surface area contributed by atoms with Crippen molar-refractivity contribution in [2.75, 3.05) is 5.32 Å². The van der Waals surface area contributed by atoms with Crippen LogP contribution in [0.2, 0.25) is 5.02 Å². The molecule has 0 fully saturated rings. The van der Waals surface area contributed by atoms with E-state index in [1.165, 1.54) is 31.3 Å². The van der Waals surface area contributed by atoms with Crippen molar-refractivity contribution in [2.45, 2.75) is 17.4 Å². The van der Waals surface area contributed by atoms with Crippen LogP contribution in [0.5, 0.6) is 0 Å². The zero-order chi connectivity index (χ0) is 20.7. The van der Waals surface area contributed by atoms with Gasteiger partial charge in [0.25, 0.3) is 5.91 Å². The number of anilines is 1. The van der Waals surface area contributed by atoms with E-state index in [1.807, 2.05) is 0 Å². The molecule has 11 heteroatoms.